The Morgan fingerprint density at radius 3 is 2.58 bits per heavy atom. The molecule has 3 rings (SSSR count). The molecule has 26 heavy (non-hydrogen) atoms. The molecule has 0 bridgehead atoms. The number of nitrogens with zero attached hydrogens (tertiary/aromatic N) is 1. The molecule has 2 aromatic carbocycles. The molecule has 0 spiro atoms. The van der Waals surface area contributed by atoms with Crippen LogP contribution in [-0.2, 0) is 25.0 Å². The Morgan fingerprint density at radius 2 is 1.88 bits per heavy atom. The van der Waals surface area contributed by atoms with Gasteiger partial charge in [0.1, 0.15) is 0 Å². The summed E-state index contributed by atoms with van der Waals surface area (Å²) in [5, 5.41) is 17.5. The summed E-state index contributed by atoms with van der Waals surface area (Å²) in [6.45, 7) is 7.86. The van der Waals surface area contributed by atoms with E-state index in [1.807, 2.05) is 26.8 Å². The maximum absolute atomic E-state index is 12.4. The van der Waals surface area contributed by atoms with Gasteiger partial charge in [-0.05, 0) is 28.2 Å². The fraction of sp³-hybridized carbons (Fsp3) is 0.350. The Morgan fingerprint density at radius 1 is 1.15 bits per heavy atom. The average molecular weight is 353 g/mol. The van der Waals surface area contributed by atoms with Gasteiger partial charge in [-0.1, -0.05) is 45.0 Å². The average Bonchev–Trinajstić information content (AvgIpc) is 3.06. The highest BCUT2D eigenvalue weighted by Gasteiger charge is 2.26. The van der Waals surface area contributed by atoms with Crippen LogP contribution in [0.3, 0.4) is 0 Å². The maximum atomic E-state index is 12.4. The highest BCUT2D eigenvalue weighted by molar-refractivity contribution is 5.95. The minimum atomic E-state index is -0.426. The molecule has 2 N–H and O–H groups in total. The molecule has 0 unspecified atom stereocenters. The summed E-state index contributed by atoms with van der Waals surface area (Å²) in [4.78, 5) is 23.4. The van der Waals surface area contributed by atoms with E-state index in [9.17, 15) is 14.9 Å². The van der Waals surface area contributed by atoms with Crippen molar-refractivity contribution in [2.24, 2.45) is 0 Å². The van der Waals surface area contributed by atoms with Crippen molar-refractivity contribution in [3.05, 3.63) is 74.3 Å². The molecule has 2 aromatic rings. The fourth-order valence-corrected chi connectivity index (χ4v) is 3.20. The second kappa shape index (κ2) is 6.88. The minimum Gasteiger partial charge on any atom is -0.348 e. The van der Waals surface area contributed by atoms with Crippen molar-refractivity contribution in [2.75, 3.05) is 0 Å². The first-order valence-corrected chi connectivity index (χ1v) is 8.64. The van der Waals surface area contributed by atoms with Crippen molar-refractivity contribution in [3.8, 4) is 0 Å². The van der Waals surface area contributed by atoms with Gasteiger partial charge in [0.25, 0.3) is 11.6 Å². The lowest BCUT2D eigenvalue weighted by Crippen LogP contribution is -2.23. The molecule has 0 atom stereocenters. The third kappa shape index (κ3) is 3.75. The van der Waals surface area contributed by atoms with E-state index in [0.717, 1.165) is 18.7 Å². The molecule has 1 aliphatic heterocycles. The van der Waals surface area contributed by atoms with Gasteiger partial charge in [-0.25, -0.2) is 0 Å². The first-order chi connectivity index (χ1) is 12.3. The maximum Gasteiger partial charge on any atom is 0.273 e. The zero-order valence-corrected chi connectivity index (χ0v) is 15.3. The molecule has 1 aliphatic rings. The number of hydrogen-bond donors (Lipinski definition) is 2. The monoisotopic (exact) mass is 353 g/mol. The van der Waals surface area contributed by atoms with Gasteiger partial charge in [-0.2, -0.15) is 0 Å². The predicted octanol–water partition coefficient (Wildman–Crippen LogP) is 3.43. The van der Waals surface area contributed by atoms with E-state index in [2.05, 4.69) is 22.8 Å². The highest BCUT2D eigenvalue weighted by Crippen LogP contribution is 2.31. The van der Waals surface area contributed by atoms with Gasteiger partial charge in [-0.3, -0.25) is 14.9 Å². The lowest BCUT2D eigenvalue weighted by Gasteiger charge is -2.19. The van der Waals surface area contributed by atoms with Crippen molar-refractivity contribution in [1.29, 1.82) is 0 Å². The number of fused-ring (bicyclic) bond motifs is 1. The molecule has 0 aliphatic carbocycles. The van der Waals surface area contributed by atoms with Gasteiger partial charge in [0.15, 0.2) is 0 Å². The van der Waals surface area contributed by atoms with Crippen LogP contribution >= 0.6 is 0 Å². The van der Waals surface area contributed by atoms with Crippen LogP contribution in [0.5, 0.6) is 0 Å². The Labute approximate surface area is 152 Å². The van der Waals surface area contributed by atoms with Gasteiger partial charge in [0.2, 0.25) is 0 Å². The molecule has 0 saturated carbocycles. The van der Waals surface area contributed by atoms with E-state index < -0.39 is 4.92 Å². The zero-order chi connectivity index (χ0) is 18.9. The third-order valence-electron chi connectivity index (χ3n) is 4.62. The summed E-state index contributed by atoms with van der Waals surface area (Å²) < 4.78 is 0. The van der Waals surface area contributed by atoms with Crippen LogP contribution in [-0.4, -0.2) is 10.8 Å². The van der Waals surface area contributed by atoms with Crippen LogP contribution < -0.4 is 10.6 Å². The first-order valence-electron chi connectivity index (χ1n) is 8.64. The Bertz CT molecular complexity index is 869. The lowest BCUT2D eigenvalue weighted by atomic mass is 9.85. The largest absolute Gasteiger partial charge is 0.348 e. The van der Waals surface area contributed by atoms with Crippen LogP contribution in [0.4, 0.5) is 5.69 Å². The number of nitrogens with one attached hydrogen (secondary N) is 2. The van der Waals surface area contributed by atoms with Crippen LogP contribution in [0.1, 0.15) is 53.4 Å². The molecule has 0 fully saturated rings. The van der Waals surface area contributed by atoms with Crippen molar-refractivity contribution in [2.45, 2.75) is 45.8 Å². The van der Waals surface area contributed by atoms with Gasteiger partial charge in [0.05, 0.1) is 4.92 Å². The third-order valence-corrected chi connectivity index (χ3v) is 4.62. The summed E-state index contributed by atoms with van der Waals surface area (Å²) in [7, 11) is 0. The van der Waals surface area contributed by atoms with E-state index in [-0.39, 0.29) is 17.0 Å². The van der Waals surface area contributed by atoms with Crippen molar-refractivity contribution >= 4 is 11.6 Å². The second-order valence-corrected chi connectivity index (χ2v) is 7.63. The standard InChI is InChI=1S/C20H23N3O3/c1-20(2,3)17-7-6-14(9-18(17)23(25)26)19(24)22-10-13-4-5-15-11-21-12-16(15)8-13/h4-9,21H,10-12H2,1-3H3,(H,22,24). The smallest absolute Gasteiger partial charge is 0.273 e. The van der Waals surface area contributed by atoms with E-state index in [1.165, 1.54) is 17.2 Å². The van der Waals surface area contributed by atoms with E-state index in [4.69, 9.17) is 0 Å². The Kier molecular flexibility index (Phi) is 4.78. The molecule has 6 heteroatoms. The van der Waals surface area contributed by atoms with E-state index >= 15 is 0 Å². The molecule has 1 heterocycles. The highest BCUT2D eigenvalue weighted by atomic mass is 16.6. The van der Waals surface area contributed by atoms with Gasteiger partial charge in [0, 0.05) is 36.8 Å². The van der Waals surface area contributed by atoms with Gasteiger partial charge < -0.3 is 10.6 Å². The quantitative estimate of drug-likeness (QED) is 0.651. The predicted molar refractivity (Wildman–Crippen MR) is 100.0 cm³/mol. The number of carbonyl (C=O) groups excluding carboxylic acids is 1. The summed E-state index contributed by atoms with van der Waals surface area (Å²) >= 11 is 0. The second-order valence-electron chi connectivity index (χ2n) is 7.63. The van der Waals surface area contributed by atoms with E-state index in [0.29, 0.717) is 17.7 Å². The van der Waals surface area contributed by atoms with Crippen LogP contribution in [0.2, 0.25) is 0 Å². The number of carbonyl (C=O) groups is 1. The van der Waals surface area contributed by atoms with Crippen LogP contribution in [0, 0.1) is 10.1 Å². The molecule has 0 saturated heterocycles. The molecule has 0 radical (unpaired) electrons. The Hall–Kier alpha value is -2.73. The molecule has 6 nitrogen and oxygen atoms in total. The summed E-state index contributed by atoms with van der Waals surface area (Å²) in [6, 6.07) is 10.8. The lowest BCUT2D eigenvalue weighted by molar-refractivity contribution is -0.386. The van der Waals surface area contributed by atoms with Crippen LogP contribution in [0.25, 0.3) is 0 Å². The summed E-state index contributed by atoms with van der Waals surface area (Å²) in [5.74, 6) is -0.313. The molecular weight excluding hydrogens is 330 g/mol. The molecular formula is C20H23N3O3. The number of hydrogen-bond acceptors (Lipinski definition) is 4. The van der Waals surface area contributed by atoms with Crippen LogP contribution in [0.15, 0.2) is 36.4 Å². The van der Waals surface area contributed by atoms with E-state index in [1.54, 1.807) is 12.1 Å². The summed E-state index contributed by atoms with van der Waals surface area (Å²) in [5.41, 5.74) is 4.08. The molecule has 0 aromatic heterocycles. The molecule has 136 valence electrons. The zero-order valence-electron chi connectivity index (χ0n) is 15.3. The number of benzene rings is 2. The van der Waals surface area contributed by atoms with Crippen molar-refractivity contribution in [1.82, 2.24) is 10.6 Å². The van der Waals surface area contributed by atoms with Gasteiger partial charge >= 0.3 is 0 Å². The number of nitro groups is 1. The first kappa shape index (κ1) is 18.1. The minimum absolute atomic E-state index is 0.0197. The molecule has 1 amide bonds. The number of nitro benzene ring substituents is 1. The topological polar surface area (TPSA) is 84.3 Å². The normalized spacial score (nSPS) is 13.3. The van der Waals surface area contributed by atoms with Crippen molar-refractivity contribution < 1.29 is 9.72 Å². The van der Waals surface area contributed by atoms with Crippen molar-refractivity contribution in [3.63, 3.8) is 0 Å². The Balaban J connectivity index is 1.75. The fourth-order valence-electron chi connectivity index (χ4n) is 3.20. The SMILES string of the molecule is CC(C)(C)c1ccc(C(=O)NCc2ccc3c(c2)CNC3)cc1[N+](=O)[O-]. The number of rotatable bonds is 4. The summed E-state index contributed by atoms with van der Waals surface area (Å²) in [6.07, 6.45) is 0. The van der Waals surface area contributed by atoms with Gasteiger partial charge in [-0.15, -0.1) is 0 Å². The number of amides is 1.